The summed E-state index contributed by atoms with van der Waals surface area (Å²) in [4.78, 5) is 22.7. The average molecular weight is 259 g/mol. The molecule has 0 radical (unpaired) electrons. The second-order valence-corrected chi connectivity index (χ2v) is 4.92. The minimum atomic E-state index is -0.0385. The Morgan fingerprint density at radius 2 is 2.17 bits per heavy atom. The summed E-state index contributed by atoms with van der Waals surface area (Å²) in [6.45, 7) is 0. The lowest BCUT2D eigenvalue weighted by Gasteiger charge is -2.01. The van der Waals surface area contributed by atoms with Gasteiger partial charge in [0.15, 0.2) is 5.78 Å². The molecule has 0 spiro atoms. The predicted octanol–water partition coefficient (Wildman–Crippen LogP) is 2.46. The predicted molar refractivity (Wildman–Crippen MR) is 72.5 cm³/mol. The van der Waals surface area contributed by atoms with Gasteiger partial charge in [-0.05, 0) is 12.1 Å². The van der Waals surface area contributed by atoms with E-state index >= 15 is 0 Å². The van der Waals surface area contributed by atoms with Crippen LogP contribution in [-0.4, -0.2) is 34.7 Å². The summed E-state index contributed by atoms with van der Waals surface area (Å²) in [6.07, 6.45) is 6.57. The molecule has 0 aliphatic heterocycles. The Bertz CT molecular complexity index is 561. The fraction of sp³-hybridized carbons (Fsp3) is 0.154. The Morgan fingerprint density at radius 3 is 2.83 bits per heavy atom. The highest BCUT2D eigenvalue weighted by atomic mass is 32.1. The minimum absolute atomic E-state index is 0.0385. The van der Waals surface area contributed by atoms with Crippen LogP contribution in [0.4, 0.5) is 0 Å². The highest BCUT2D eigenvalue weighted by Crippen LogP contribution is 2.23. The third kappa shape index (κ3) is 3.01. The van der Waals surface area contributed by atoms with Gasteiger partial charge in [-0.1, -0.05) is 6.07 Å². The number of allylic oxidation sites excluding steroid dienone is 1. The third-order valence-corrected chi connectivity index (χ3v) is 3.19. The number of carbonyl (C=O) groups is 1. The van der Waals surface area contributed by atoms with Crippen molar-refractivity contribution in [2.45, 2.75) is 0 Å². The minimum Gasteiger partial charge on any atom is -0.383 e. The number of hydrogen-bond acceptors (Lipinski definition) is 5. The maximum absolute atomic E-state index is 11.8. The van der Waals surface area contributed by atoms with Crippen LogP contribution in [0.25, 0.3) is 10.7 Å². The number of hydrogen-bond donors (Lipinski definition) is 0. The van der Waals surface area contributed by atoms with Gasteiger partial charge in [0.05, 0.1) is 10.6 Å². The summed E-state index contributed by atoms with van der Waals surface area (Å²) in [7, 11) is 3.74. The quantitative estimate of drug-likeness (QED) is 0.625. The summed E-state index contributed by atoms with van der Waals surface area (Å²) in [6, 6.07) is 5.63. The molecular weight excluding hydrogens is 246 g/mol. The maximum Gasteiger partial charge on any atom is 0.198 e. The van der Waals surface area contributed by atoms with Crippen LogP contribution in [0.1, 0.15) is 9.67 Å². The normalized spacial score (nSPS) is 10.8. The summed E-state index contributed by atoms with van der Waals surface area (Å²) < 4.78 is 0. The highest BCUT2D eigenvalue weighted by Gasteiger charge is 2.09. The van der Waals surface area contributed by atoms with E-state index in [0.717, 1.165) is 10.7 Å². The van der Waals surface area contributed by atoms with Crippen LogP contribution in [0.3, 0.4) is 0 Å². The number of nitrogens with zero attached hydrogens (tertiary/aromatic N) is 3. The number of thiazole rings is 1. The van der Waals surface area contributed by atoms with Crippen LogP contribution < -0.4 is 0 Å². The van der Waals surface area contributed by atoms with Gasteiger partial charge >= 0.3 is 0 Å². The van der Waals surface area contributed by atoms with Crippen molar-refractivity contribution in [3.63, 3.8) is 0 Å². The lowest BCUT2D eigenvalue weighted by molar-refractivity contribution is 0.104. The number of carbonyl (C=O) groups excluding carboxylic acids is 1. The SMILES string of the molecule is CN(C)C=CC(=O)c1cnc(-c2ccccn2)s1. The molecule has 0 aromatic carbocycles. The summed E-state index contributed by atoms with van der Waals surface area (Å²) in [5.74, 6) is -0.0385. The second kappa shape index (κ2) is 5.55. The zero-order valence-corrected chi connectivity index (χ0v) is 11.0. The highest BCUT2D eigenvalue weighted by molar-refractivity contribution is 7.17. The Kier molecular flexibility index (Phi) is 3.84. The van der Waals surface area contributed by atoms with E-state index in [1.54, 1.807) is 18.6 Å². The van der Waals surface area contributed by atoms with Gasteiger partial charge in [-0.25, -0.2) is 4.98 Å². The van der Waals surface area contributed by atoms with Crippen LogP contribution in [-0.2, 0) is 0 Å². The van der Waals surface area contributed by atoms with E-state index in [0.29, 0.717) is 4.88 Å². The van der Waals surface area contributed by atoms with Crippen molar-refractivity contribution < 1.29 is 4.79 Å². The molecule has 0 N–H and O–H groups in total. The molecular formula is C13H13N3OS. The van der Waals surface area contributed by atoms with Crippen molar-refractivity contribution in [3.8, 4) is 10.7 Å². The van der Waals surface area contributed by atoms with E-state index in [1.807, 2.05) is 37.2 Å². The average Bonchev–Trinajstić information content (AvgIpc) is 2.86. The Hall–Kier alpha value is -2.01. The number of aromatic nitrogens is 2. The molecule has 18 heavy (non-hydrogen) atoms. The van der Waals surface area contributed by atoms with E-state index in [-0.39, 0.29) is 5.78 Å². The topological polar surface area (TPSA) is 46.1 Å². The lowest BCUT2D eigenvalue weighted by Crippen LogP contribution is -2.02. The molecule has 2 aromatic heterocycles. The number of pyridine rings is 1. The standard InChI is InChI=1S/C13H13N3OS/c1-16(2)8-6-11(17)12-9-15-13(18-12)10-5-3-4-7-14-10/h3-9H,1-2H3. The molecule has 0 atom stereocenters. The number of rotatable bonds is 4. The van der Waals surface area contributed by atoms with Gasteiger partial charge in [-0.3, -0.25) is 9.78 Å². The van der Waals surface area contributed by atoms with Crippen molar-refractivity contribution >= 4 is 17.1 Å². The van der Waals surface area contributed by atoms with E-state index < -0.39 is 0 Å². The first-order valence-electron chi connectivity index (χ1n) is 5.43. The molecule has 0 bridgehead atoms. The zero-order valence-electron chi connectivity index (χ0n) is 10.2. The van der Waals surface area contributed by atoms with Gasteiger partial charge in [-0.2, -0.15) is 0 Å². The van der Waals surface area contributed by atoms with Crippen molar-refractivity contribution in [1.82, 2.24) is 14.9 Å². The number of ketones is 1. The Labute approximate surface area is 110 Å². The molecule has 2 heterocycles. The summed E-state index contributed by atoms with van der Waals surface area (Å²) >= 11 is 1.35. The van der Waals surface area contributed by atoms with Crippen LogP contribution >= 0.6 is 11.3 Å². The van der Waals surface area contributed by atoms with Gasteiger partial charge in [0, 0.05) is 38.8 Å². The van der Waals surface area contributed by atoms with Crippen molar-refractivity contribution in [2.75, 3.05) is 14.1 Å². The molecule has 0 saturated heterocycles. The molecule has 0 aliphatic rings. The lowest BCUT2D eigenvalue weighted by atomic mass is 10.3. The van der Waals surface area contributed by atoms with Gasteiger partial charge < -0.3 is 4.90 Å². The first kappa shape index (κ1) is 12.4. The van der Waals surface area contributed by atoms with E-state index in [1.165, 1.54) is 17.4 Å². The van der Waals surface area contributed by atoms with E-state index in [9.17, 15) is 4.79 Å². The fourth-order valence-electron chi connectivity index (χ4n) is 1.29. The van der Waals surface area contributed by atoms with Crippen molar-refractivity contribution in [3.05, 3.63) is 47.7 Å². The molecule has 4 nitrogen and oxygen atoms in total. The van der Waals surface area contributed by atoms with Crippen molar-refractivity contribution in [2.24, 2.45) is 0 Å². The van der Waals surface area contributed by atoms with Crippen LogP contribution in [0.15, 0.2) is 42.9 Å². The molecule has 2 rings (SSSR count). The Balaban J connectivity index is 2.19. The molecule has 0 amide bonds. The van der Waals surface area contributed by atoms with Gasteiger partial charge in [0.1, 0.15) is 5.01 Å². The molecule has 0 saturated carbocycles. The first-order chi connectivity index (χ1) is 8.66. The summed E-state index contributed by atoms with van der Waals surface area (Å²) in [5.41, 5.74) is 0.790. The van der Waals surface area contributed by atoms with E-state index in [2.05, 4.69) is 9.97 Å². The summed E-state index contributed by atoms with van der Waals surface area (Å²) in [5, 5.41) is 0.761. The van der Waals surface area contributed by atoms with Crippen molar-refractivity contribution in [1.29, 1.82) is 0 Å². The fourth-order valence-corrected chi connectivity index (χ4v) is 2.11. The maximum atomic E-state index is 11.8. The molecule has 0 unspecified atom stereocenters. The molecule has 92 valence electrons. The smallest absolute Gasteiger partial charge is 0.198 e. The van der Waals surface area contributed by atoms with Crippen LogP contribution in [0.5, 0.6) is 0 Å². The van der Waals surface area contributed by atoms with Crippen LogP contribution in [0.2, 0.25) is 0 Å². The van der Waals surface area contributed by atoms with Gasteiger partial charge in [0.2, 0.25) is 0 Å². The third-order valence-electron chi connectivity index (χ3n) is 2.16. The largest absolute Gasteiger partial charge is 0.383 e. The first-order valence-corrected chi connectivity index (χ1v) is 6.24. The molecule has 0 aliphatic carbocycles. The van der Waals surface area contributed by atoms with Crippen LogP contribution in [0, 0.1) is 0 Å². The Morgan fingerprint density at radius 1 is 1.33 bits per heavy atom. The molecule has 0 fully saturated rings. The molecule has 2 aromatic rings. The monoisotopic (exact) mass is 259 g/mol. The van der Waals surface area contributed by atoms with Gasteiger partial charge in [-0.15, -0.1) is 11.3 Å². The van der Waals surface area contributed by atoms with E-state index in [4.69, 9.17) is 0 Å². The zero-order chi connectivity index (χ0) is 13.0. The second-order valence-electron chi connectivity index (χ2n) is 3.89. The van der Waals surface area contributed by atoms with Gasteiger partial charge in [0.25, 0.3) is 0 Å². The molecule has 5 heteroatoms.